The van der Waals surface area contributed by atoms with Gasteiger partial charge in [0.05, 0.1) is 17.6 Å². The van der Waals surface area contributed by atoms with E-state index in [0.717, 1.165) is 37.5 Å². The zero-order chi connectivity index (χ0) is 18.0. The third-order valence-corrected chi connectivity index (χ3v) is 8.90. The smallest absolute Gasteiger partial charge is 0.134 e. The number of Topliss-reactive ketones (excluding diaryl/α,β-unsaturated/α-hetero) is 1. The standard InChI is InChI=1S/C22H33NO2/c1-13(24)20-15(12-23)10-19-18-5-4-14-11-21(2,25)8-6-16(14)17(18)7-9-22(19,20)3/h14-20,25H,4-11H2,1-3H3/t14-,15?,16+,17-,18-,19+,20+,21-,22+/m1/s1. The Hall–Kier alpha value is -0.880. The van der Waals surface area contributed by atoms with Gasteiger partial charge in [0.15, 0.2) is 0 Å². The number of hydrogen-bond donors (Lipinski definition) is 1. The summed E-state index contributed by atoms with van der Waals surface area (Å²) < 4.78 is 0. The molecule has 0 aromatic carbocycles. The van der Waals surface area contributed by atoms with Gasteiger partial charge in [-0.15, -0.1) is 0 Å². The monoisotopic (exact) mass is 343 g/mol. The minimum absolute atomic E-state index is 0.0421. The van der Waals surface area contributed by atoms with Crippen molar-refractivity contribution in [2.24, 2.45) is 46.8 Å². The summed E-state index contributed by atoms with van der Waals surface area (Å²) in [4.78, 5) is 12.4. The number of aliphatic hydroxyl groups is 1. The van der Waals surface area contributed by atoms with Crippen molar-refractivity contribution in [1.29, 1.82) is 5.26 Å². The van der Waals surface area contributed by atoms with Crippen LogP contribution in [-0.2, 0) is 4.79 Å². The van der Waals surface area contributed by atoms with Crippen LogP contribution in [0, 0.1) is 58.2 Å². The van der Waals surface area contributed by atoms with Gasteiger partial charge in [-0.2, -0.15) is 5.26 Å². The van der Waals surface area contributed by atoms with Crippen LogP contribution in [0.3, 0.4) is 0 Å². The molecule has 1 unspecified atom stereocenters. The average Bonchev–Trinajstić information content (AvgIpc) is 2.86. The normalized spacial score (nSPS) is 54.8. The molecule has 138 valence electrons. The van der Waals surface area contributed by atoms with Gasteiger partial charge in [0.2, 0.25) is 0 Å². The molecule has 1 N–H and O–H groups in total. The second-order valence-corrected chi connectivity index (χ2v) is 10.3. The zero-order valence-electron chi connectivity index (χ0n) is 16.0. The van der Waals surface area contributed by atoms with E-state index in [1.807, 2.05) is 6.92 Å². The predicted molar refractivity (Wildman–Crippen MR) is 96.4 cm³/mol. The summed E-state index contributed by atoms with van der Waals surface area (Å²) in [5, 5.41) is 20.1. The van der Waals surface area contributed by atoms with Crippen molar-refractivity contribution in [3.8, 4) is 6.07 Å². The molecule has 0 aromatic heterocycles. The van der Waals surface area contributed by atoms with E-state index in [2.05, 4.69) is 13.0 Å². The summed E-state index contributed by atoms with van der Waals surface area (Å²) in [5.41, 5.74) is -0.420. The Bertz CT molecular complexity index is 606. The number of nitriles is 1. The highest BCUT2D eigenvalue weighted by molar-refractivity contribution is 5.80. The van der Waals surface area contributed by atoms with E-state index in [1.165, 1.54) is 25.7 Å². The van der Waals surface area contributed by atoms with Crippen LogP contribution in [-0.4, -0.2) is 16.5 Å². The molecule has 0 aromatic rings. The molecule has 4 saturated carbocycles. The van der Waals surface area contributed by atoms with Gasteiger partial charge in [-0.05, 0) is 100 Å². The molecule has 3 nitrogen and oxygen atoms in total. The summed E-state index contributed by atoms with van der Waals surface area (Å²) in [6, 6.07) is 2.49. The number of rotatable bonds is 1. The summed E-state index contributed by atoms with van der Waals surface area (Å²) in [6.45, 7) is 6.03. The number of nitrogens with zero attached hydrogens (tertiary/aromatic N) is 1. The average molecular weight is 344 g/mol. The number of carbonyl (C=O) groups is 1. The highest BCUT2D eigenvalue weighted by Crippen LogP contribution is 2.65. The Kier molecular flexibility index (Phi) is 4.07. The van der Waals surface area contributed by atoms with Crippen LogP contribution in [0.4, 0.5) is 0 Å². The number of carbonyl (C=O) groups excluding carboxylic acids is 1. The lowest BCUT2D eigenvalue weighted by atomic mass is 9.49. The van der Waals surface area contributed by atoms with Crippen molar-refractivity contribution in [1.82, 2.24) is 0 Å². The number of hydrogen-bond acceptors (Lipinski definition) is 3. The fourth-order valence-corrected chi connectivity index (χ4v) is 8.00. The van der Waals surface area contributed by atoms with Gasteiger partial charge < -0.3 is 5.11 Å². The molecular weight excluding hydrogens is 310 g/mol. The zero-order valence-corrected chi connectivity index (χ0v) is 16.0. The van der Waals surface area contributed by atoms with Gasteiger partial charge in [0.1, 0.15) is 5.78 Å². The molecule has 0 aliphatic heterocycles. The molecule has 0 spiro atoms. The van der Waals surface area contributed by atoms with Gasteiger partial charge >= 0.3 is 0 Å². The quantitative estimate of drug-likeness (QED) is 0.770. The molecule has 0 amide bonds. The Morgan fingerprint density at radius 1 is 1.08 bits per heavy atom. The first-order valence-electron chi connectivity index (χ1n) is 10.4. The van der Waals surface area contributed by atoms with Gasteiger partial charge in [-0.1, -0.05) is 6.92 Å². The second kappa shape index (κ2) is 5.81. The third kappa shape index (κ3) is 2.59. The first-order valence-corrected chi connectivity index (χ1v) is 10.4. The van der Waals surface area contributed by atoms with Gasteiger partial charge in [-0.25, -0.2) is 0 Å². The van der Waals surface area contributed by atoms with E-state index in [0.29, 0.717) is 17.8 Å². The summed E-state index contributed by atoms with van der Waals surface area (Å²) in [7, 11) is 0. The molecular formula is C22H33NO2. The second-order valence-electron chi connectivity index (χ2n) is 10.3. The largest absolute Gasteiger partial charge is 0.390 e. The van der Waals surface area contributed by atoms with Crippen molar-refractivity contribution >= 4 is 5.78 Å². The molecule has 0 bridgehead atoms. The van der Waals surface area contributed by atoms with E-state index >= 15 is 0 Å². The van der Waals surface area contributed by atoms with Crippen LogP contribution in [0.1, 0.15) is 72.1 Å². The molecule has 4 aliphatic carbocycles. The maximum atomic E-state index is 12.4. The molecule has 25 heavy (non-hydrogen) atoms. The van der Waals surface area contributed by atoms with E-state index in [4.69, 9.17) is 0 Å². The van der Waals surface area contributed by atoms with Gasteiger partial charge in [-0.3, -0.25) is 4.79 Å². The lowest BCUT2D eigenvalue weighted by Crippen LogP contribution is -2.51. The third-order valence-electron chi connectivity index (χ3n) is 8.90. The maximum Gasteiger partial charge on any atom is 0.134 e. The molecule has 3 heteroatoms. The molecule has 0 heterocycles. The van der Waals surface area contributed by atoms with Gasteiger partial charge in [0, 0.05) is 5.92 Å². The Morgan fingerprint density at radius 2 is 1.80 bits per heavy atom. The van der Waals surface area contributed by atoms with E-state index in [-0.39, 0.29) is 23.0 Å². The minimum atomic E-state index is -0.462. The highest BCUT2D eigenvalue weighted by atomic mass is 16.3. The molecule has 4 rings (SSSR count). The van der Waals surface area contributed by atoms with E-state index in [1.54, 1.807) is 6.92 Å². The van der Waals surface area contributed by atoms with Crippen molar-refractivity contribution in [3.05, 3.63) is 0 Å². The van der Waals surface area contributed by atoms with Crippen molar-refractivity contribution in [3.63, 3.8) is 0 Å². The summed E-state index contributed by atoms with van der Waals surface area (Å²) in [6.07, 6.45) is 8.83. The number of fused-ring (bicyclic) bond motifs is 5. The molecule has 0 radical (unpaired) electrons. The van der Waals surface area contributed by atoms with Crippen LogP contribution < -0.4 is 0 Å². The summed E-state index contributed by atoms with van der Waals surface area (Å²) >= 11 is 0. The van der Waals surface area contributed by atoms with Crippen LogP contribution in [0.5, 0.6) is 0 Å². The highest BCUT2D eigenvalue weighted by Gasteiger charge is 2.61. The fourth-order valence-electron chi connectivity index (χ4n) is 8.00. The van der Waals surface area contributed by atoms with Crippen LogP contribution in [0.2, 0.25) is 0 Å². The first-order chi connectivity index (χ1) is 11.8. The van der Waals surface area contributed by atoms with E-state index < -0.39 is 5.60 Å². The number of ketones is 1. The Morgan fingerprint density at radius 3 is 2.48 bits per heavy atom. The van der Waals surface area contributed by atoms with E-state index in [9.17, 15) is 15.2 Å². The maximum absolute atomic E-state index is 12.4. The van der Waals surface area contributed by atoms with Gasteiger partial charge in [0.25, 0.3) is 0 Å². The van der Waals surface area contributed by atoms with Crippen LogP contribution in [0.15, 0.2) is 0 Å². The lowest BCUT2D eigenvalue weighted by Gasteiger charge is -2.56. The van der Waals surface area contributed by atoms with Crippen molar-refractivity contribution in [2.75, 3.05) is 0 Å². The van der Waals surface area contributed by atoms with Crippen LogP contribution in [0.25, 0.3) is 0 Å². The van der Waals surface area contributed by atoms with Crippen molar-refractivity contribution < 1.29 is 9.90 Å². The first kappa shape index (κ1) is 17.5. The van der Waals surface area contributed by atoms with Crippen LogP contribution >= 0.6 is 0 Å². The molecule has 4 aliphatic rings. The Balaban J connectivity index is 1.60. The summed E-state index contributed by atoms with van der Waals surface area (Å²) in [5.74, 6) is 3.57. The SMILES string of the molecule is CC(=O)[C@H]1C(C#N)C[C@H]2[C@@H]3CC[C@@H]4C[C@](C)(O)CC[C@@H]4[C@H]3CC[C@]12C. The fraction of sp³-hybridized carbons (Fsp3) is 0.909. The molecule has 0 saturated heterocycles. The minimum Gasteiger partial charge on any atom is -0.390 e. The molecule has 9 atom stereocenters. The topological polar surface area (TPSA) is 61.1 Å². The lowest BCUT2D eigenvalue weighted by molar-refractivity contribution is -0.131. The van der Waals surface area contributed by atoms with Crippen molar-refractivity contribution in [2.45, 2.75) is 77.7 Å². The predicted octanol–water partition coefficient (Wildman–Crippen LogP) is 4.34. The molecule has 4 fully saturated rings. The Labute approximate surface area is 152 Å².